The lowest BCUT2D eigenvalue weighted by Gasteiger charge is -2.33. The van der Waals surface area contributed by atoms with Crippen LogP contribution in [0.1, 0.15) is 59.3 Å². The van der Waals surface area contributed by atoms with Crippen molar-refractivity contribution in [3.8, 4) is 0 Å². The Kier molecular flexibility index (Phi) is 9.72. The van der Waals surface area contributed by atoms with Gasteiger partial charge in [0.1, 0.15) is 5.60 Å². The average Bonchev–Trinajstić information content (AvgIpc) is 2.35. The number of carbonyl (C=O) groups is 1. The van der Waals surface area contributed by atoms with Gasteiger partial charge in [-0.25, -0.2) is 9.36 Å². The topological polar surface area (TPSA) is 52.6 Å². The van der Waals surface area contributed by atoms with Crippen LogP contribution in [-0.2, 0) is 18.6 Å². The first kappa shape index (κ1) is 18.3. The standard InChI is InChI=1S/C14H25O4P/c1-5-8-14(9-6-2,10-7-11-17-19-16)18-13(15)12(3)4/h3,5-11H2,1-2,4H3. The minimum Gasteiger partial charge on any atom is -0.456 e. The van der Waals surface area contributed by atoms with Gasteiger partial charge >= 0.3 is 14.7 Å². The van der Waals surface area contributed by atoms with E-state index in [2.05, 4.69) is 20.4 Å². The fourth-order valence-electron chi connectivity index (χ4n) is 2.22. The van der Waals surface area contributed by atoms with Crippen LogP contribution in [0.25, 0.3) is 0 Å². The van der Waals surface area contributed by atoms with E-state index in [-0.39, 0.29) is 14.7 Å². The van der Waals surface area contributed by atoms with Gasteiger partial charge in [-0.3, -0.25) is 4.52 Å². The van der Waals surface area contributed by atoms with Gasteiger partial charge in [0, 0.05) is 5.57 Å². The van der Waals surface area contributed by atoms with Crippen molar-refractivity contribution < 1.29 is 18.6 Å². The molecule has 0 aliphatic carbocycles. The second kappa shape index (κ2) is 10.1. The third-order valence-electron chi connectivity index (χ3n) is 2.99. The second-order valence-corrected chi connectivity index (χ2v) is 5.27. The lowest BCUT2D eigenvalue weighted by atomic mass is 9.87. The van der Waals surface area contributed by atoms with E-state index in [1.54, 1.807) is 6.92 Å². The Labute approximate surface area is 117 Å². The number of carbonyl (C=O) groups excluding carboxylic acids is 1. The van der Waals surface area contributed by atoms with Gasteiger partial charge in [-0.2, -0.15) is 0 Å². The predicted molar refractivity (Wildman–Crippen MR) is 76.2 cm³/mol. The summed E-state index contributed by atoms with van der Waals surface area (Å²) in [6, 6.07) is 0. The number of ether oxygens (including phenoxy) is 1. The van der Waals surface area contributed by atoms with E-state index >= 15 is 0 Å². The van der Waals surface area contributed by atoms with E-state index in [0.29, 0.717) is 12.2 Å². The van der Waals surface area contributed by atoms with E-state index < -0.39 is 5.60 Å². The molecule has 0 aliphatic heterocycles. The van der Waals surface area contributed by atoms with E-state index in [0.717, 1.165) is 38.5 Å². The zero-order valence-electron chi connectivity index (χ0n) is 12.2. The Morgan fingerprint density at radius 1 is 1.21 bits per heavy atom. The van der Waals surface area contributed by atoms with Crippen molar-refractivity contribution in [2.24, 2.45) is 0 Å². The van der Waals surface area contributed by atoms with Crippen LogP contribution < -0.4 is 0 Å². The predicted octanol–water partition coefficient (Wildman–Crippen LogP) is 4.45. The van der Waals surface area contributed by atoms with E-state index in [9.17, 15) is 9.36 Å². The van der Waals surface area contributed by atoms with Crippen LogP contribution in [0.4, 0.5) is 0 Å². The van der Waals surface area contributed by atoms with Gasteiger partial charge in [-0.05, 0) is 32.6 Å². The van der Waals surface area contributed by atoms with Crippen molar-refractivity contribution in [2.75, 3.05) is 6.61 Å². The third-order valence-corrected chi connectivity index (χ3v) is 3.28. The van der Waals surface area contributed by atoms with Crippen molar-refractivity contribution in [3.05, 3.63) is 12.2 Å². The van der Waals surface area contributed by atoms with E-state index in [1.807, 2.05) is 0 Å². The average molecular weight is 288 g/mol. The fourth-order valence-corrected chi connectivity index (χ4v) is 2.42. The first-order valence-corrected chi connectivity index (χ1v) is 7.57. The van der Waals surface area contributed by atoms with Crippen LogP contribution in [-0.4, -0.2) is 18.2 Å². The third kappa shape index (κ3) is 7.44. The molecule has 0 N–H and O–H groups in total. The van der Waals surface area contributed by atoms with Crippen LogP contribution >= 0.6 is 8.69 Å². The van der Waals surface area contributed by atoms with Crippen LogP contribution in [0.5, 0.6) is 0 Å². The van der Waals surface area contributed by atoms with Crippen molar-refractivity contribution in [1.82, 2.24) is 0 Å². The minimum absolute atomic E-state index is 0.301. The molecule has 0 bridgehead atoms. The van der Waals surface area contributed by atoms with Gasteiger partial charge < -0.3 is 4.74 Å². The quantitative estimate of drug-likeness (QED) is 0.244. The van der Waals surface area contributed by atoms with Crippen molar-refractivity contribution in [2.45, 2.75) is 64.9 Å². The molecular formula is C14H25O4P. The van der Waals surface area contributed by atoms with Crippen molar-refractivity contribution in [1.29, 1.82) is 0 Å². The molecule has 0 amide bonds. The van der Waals surface area contributed by atoms with Crippen LogP contribution in [0.2, 0.25) is 0 Å². The number of hydrogen-bond acceptors (Lipinski definition) is 4. The number of esters is 1. The van der Waals surface area contributed by atoms with Gasteiger partial charge in [-0.1, -0.05) is 33.3 Å². The molecule has 0 aromatic heterocycles. The summed E-state index contributed by atoms with van der Waals surface area (Å²) in [6.07, 6.45) is 5.00. The number of hydrogen-bond donors (Lipinski definition) is 0. The van der Waals surface area contributed by atoms with Crippen LogP contribution in [0.15, 0.2) is 12.2 Å². The minimum atomic E-state index is -0.442. The van der Waals surface area contributed by atoms with Gasteiger partial charge in [0.2, 0.25) is 0 Å². The molecule has 0 rings (SSSR count). The highest BCUT2D eigenvalue weighted by molar-refractivity contribution is 7.17. The molecule has 0 aromatic carbocycles. The SMILES string of the molecule is C=C(C)C(=O)OC(CCC)(CCC)CCCOP=O. The molecule has 0 fully saturated rings. The molecule has 0 saturated carbocycles. The molecule has 4 nitrogen and oxygen atoms in total. The molecule has 0 spiro atoms. The van der Waals surface area contributed by atoms with Crippen molar-refractivity contribution >= 4 is 14.7 Å². The molecule has 0 radical (unpaired) electrons. The Balaban J connectivity index is 4.69. The monoisotopic (exact) mass is 288 g/mol. The first-order chi connectivity index (χ1) is 9.01. The molecule has 0 aromatic rings. The maximum atomic E-state index is 11.8. The van der Waals surface area contributed by atoms with Crippen LogP contribution in [0, 0.1) is 0 Å². The Morgan fingerprint density at radius 2 is 1.79 bits per heavy atom. The Bertz CT molecular complexity index is 296. The summed E-state index contributed by atoms with van der Waals surface area (Å²) < 4.78 is 20.7. The highest BCUT2D eigenvalue weighted by Crippen LogP contribution is 2.30. The summed E-state index contributed by atoms with van der Waals surface area (Å²) in [5.74, 6) is -0.329. The lowest BCUT2D eigenvalue weighted by molar-refractivity contribution is -0.157. The summed E-state index contributed by atoms with van der Waals surface area (Å²) in [7, 11) is -0.301. The summed E-state index contributed by atoms with van der Waals surface area (Å²) >= 11 is 0. The highest BCUT2D eigenvalue weighted by atomic mass is 31.1. The largest absolute Gasteiger partial charge is 0.456 e. The van der Waals surface area contributed by atoms with Crippen LogP contribution in [0.3, 0.4) is 0 Å². The van der Waals surface area contributed by atoms with Gasteiger partial charge in [-0.15, -0.1) is 0 Å². The maximum absolute atomic E-state index is 11.8. The number of rotatable bonds is 11. The Morgan fingerprint density at radius 3 is 2.21 bits per heavy atom. The molecule has 0 atom stereocenters. The summed E-state index contributed by atoms with van der Waals surface area (Å²) in [4.78, 5) is 11.8. The highest BCUT2D eigenvalue weighted by Gasteiger charge is 2.32. The van der Waals surface area contributed by atoms with Gasteiger partial charge in [0.25, 0.3) is 0 Å². The van der Waals surface area contributed by atoms with Crippen molar-refractivity contribution in [3.63, 3.8) is 0 Å². The van der Waals surface area contributed by atoms with Gasteiger partial charge in [0.05, 0.1) is 6.61 Å². The molecule has 110 valence electrons. The summed E-state index contributed by atoms with van der Waals surface area (Å²) in [5.41, 5.74) is -0.0197. The van der Waals surface area contributed by atoms with Gasteiger partial charge in [0.15, 0.2) is 0 Å². The maximum Gasteiger partial charge on any atom is 0.333 e. The molecule has 19 heavy (non-hydrogen) atoms. The molecule has 0 unspecified atom stereocenters. The second-order valence-electron chi connectivity index (χ2n) is 4.86. The lowest BCUT2D eigenvalue weighted by Crippen LogP contribution is -2.35. The summed E-state index contributed by atoms with van der Waals surface area (Å²) in [6.45, 7) is 9.84. The smallest absolute Gasteiger partial charge is 0.333 e. The normalized spacial score (nSPS) is 11.5. The zero-order chi connectivity index (χ0) is 14.7. The fraction of sp³-hybridized carbons (Fsp3) is 0.786. The Hall–Kier alpha value is -0.730. The zero-order valence-corrected chi connectivity index (χ0v) is 13.1. The molecule has 0 saturated heterocycles. The molecule has 5 heteroatoms. The summed E-state index contributed by atoms with van der Waals surface area (Å²) in [5, 5.41) is 0. The van der Waals surface area contributed by atoms with E-state index in [4.69, 9.17) is 9.26 Å². The molecule has 0 heterocycles. The molecule has 0 aliphatic rings. The van der Waals surface area contributed by atoms with E-state index in [1.165, 1.54) is 0 Å². The first-order valence-electron chi connectivity index (χ1n) is 6.84. The molecular weight excluding hydrogens is 263 g/mol.